The SMILES string of the molecule is COc1ccc(CN(C)S(=O)(=O)c2cc(Cl)cnc2N)cc1[N+](=O)[O-]. The number of hydrogen-bond acceptors (Lipinski definition) is 7. The third-order valence-electron chi connectivity index (χ3n) is 3.38. The maximum atomic E-state index is 12.6. The first kappa shape index (κ1) is 18.9. The molecule has 2 rings (SSSR count). The Kier molecular flexibility index (Phi) is 5.45. The summed E-state index contributed by atoms with van der Waals surface area (Å²) in [6.45, 7) is -0.112. The van der Waals surface area contributed by atoms with E-state index >= 15 is 0 Å². The molecule has 0 atom stereocenters. The van der Waals surface area contributed by atoms with E-state index < -0.39 is 14.9 Å². The van der Waals surface area contributed by atoms with Crippen molar-refractivity contribution in [2.24, 2.45) is 0 Å². The molecule has 1 heterocycles. The average molecular weight is 387 g/mol. The van der Waals surface area contributed by atoms with Crippen molar-refractivity contribution >= 4 is 33.1 Å². The number of nitro groups is 1. The summed E-state index contributed by atoms with van der Waals surface area (Å²) in [5, 5.41) is 11.2. The summed E-state index contributed by atoms with van der Waals surface area (Å²) < 4.78 is 31.2. The van der Waals surface area contributed by atoms with Crippen LogP contribution in [0.4, 0.5) is 11.5 Å². The minimum atomic E-state index is -3.98. The van der Waals surface area contributed by atoms with Crippen LogP contribution in [-0.4, -0.2) is 36.8 Å². The van der Waals surface area contributed by atoms with Crippen molar-refractivity contribution in [3.05, 3.63) is 51.2 Å². The number of benzene rings is 1. The van der Waals surface area contributed by atoms with E-state index in [1.165, 1.54) is 44.6 Å². The lowest BCUT2D eigenvalue weighted by molar-refractivity contribution is -0.385. The maximum absolute atomic E-state index is 12.6. The Labute approximate surface area is 149 Å². The van der Waals surface area contributed by atoms with Crippen LogP contribution in [0.25, 0.3) is 0 Å². The predicted molar refractivity (Wildman–Crippen MR) is 92.0 cm³/mol. The molecule has 1 aromatic heterocycles. The number of pyridine rings is 1. The second-order valence-electron chi connectivity index (χ2n) is 5.06. The fraction of sp³-hybridized carbons (Fsp3) is 0.214. The number of nitrogens with zero attached hydrogens (tertiary/aromatic N) is 3. The third-order valence-corrected chi connectivity index (χ3v) is 5.42. The minimum absolute atomic E-state index is 0.0857. The molecule has 9 nitrogen and oxygen atoms in total. The Bertz CT molecular complexity index is 919. The molecule has 1 aromatic carbocycles. The van der Waals surface area contributed by atoms with Crippen LogP contribution < -0.4 is 10.5 Å². The van der Waals surface area contributed by atoms with Crippen molar-refractivity contribution in [2.45, 2.75) is 11.4 Å². The molecule has 0 saturated carbocycles. The van der Waals surface area contributed by atoms with Gasteiger partial charge in [0.25, 0.3) is 0 Å². The van der Waals surface area contributed by atoms with Crippen LogP contribution in [0, 0.1) is 10.1 Å². The van der Waals surface area contributed by atoms with E-state index in [1.807, 2.05) is 0 Å². The van der Waals surface area contributed by atoms with Crippen molar-refractivity contribution in [3.63, 3.8) is 0 Å². The summed E-state index contributed by atoms with van der Waals surface area (Å²) in [4.78, 5) is 14.0. The number of nitro benzene ring substituents is 1. The van der Waals surface area contributed by atoms with Gasteiger partial charge in [-0.05, 0) is 17.7 Å². The van der Waals surface area contributed by atoms with Gasteiger partial charge in [0.2, 0.25) is 10.0 Å². The number of nitrogen functional groups attached to an aromatic ring is 1. The summed E-state index contributed by atoms with van der Waals surface area (Å²) in [5.74, 6) is -0.0977. The Balaban J connectivity index is 2.35. The largest absolute Gasteiger partial charge is 0.490 e. The highest BCUT2D eigenvalue weighted by Gasteiger charge is 2.25. The molecule has 0 unspecified atom stereocenters. The molecule has 0 aliphatic heterocycles. The number of anilines is 1. The monoisotopic (exact) mass is 386 g/mol. The van der Waals surface area contributed by atoms with Gasteiger partial charge in [-0.1, -0.05) is 17.7 Å². The molecule has 0 aliphatic carbocycles. The molecule has 0 fully saturated rings. The van der Waals surface area contributed by atoms with Gasteiger partial charge >= 0.3 is 5.69 Å². The standard InChI is InChI=1S/C14H15ClN4O5S/c1-18(25(22,23)13-6-10(15)7-17-14(13)16)8-9-3-4-12(24-2)11(5-9)19(20)21/h3-7H,8H2,1-2H3,(H2,16,17). The van der Waals surface area contributed by atoms with Gasteiger partial charge in [0.05, 0.1) is 17.1 Å². The number of sulfonamides is 1. The molecule has 0 bridgehead atoms. The Morgan fingerprint density at radius 2 is 2.08 bits per heavy atom. The van der Waals surface area contributed by atoms with E-state index in [4.69, 9.17) is 22.1 Å². The van der Waals surface area contributed by atoms with Crippen molar-refractivity contribution in [3.8, 4) is 5.75 Å². The number of ether oxygens (including phenoxy) is 1. The second kappa shape index (κ2) is 7.21. The number of methoxy groups -OCH3 is 1. The normalized spacial score (nSPS) is 11.5. The Morgan fingerprint density at radius 1 is 1.40 bits per heavy atom. The van der Waals surface area contributed by atoms with Gasteiger partial charge in [0, 0.05) is 25.9 Å². The fourth-order valence-electron chi connectivity index (χ4n) is 2.12. The number of halogens is 1. The summed E-state index contributed by atoms with van der Waals surface area (Å²) in [7, 11) is -1.34. The van der Waals surface area contributed by atoms with Crippen LogP contribution in [0.15, 0.2) is 35.4 Å². The van der Waals surface area contributed by atoms with Gasteiger partial charge in [-0.25, -0.2) is 13.4 Å². The van der Waals surface area contributed by atoms with Crippen molar-refractivity contribution in [2.75, 3.05) is 19.9 Å². The van der Waals surface area contributed by atoms with Gasteiger partial charge in [0.1, 0.15) is 10.7 Å². The molecule has 0 aliphatic rings. The van der Waals surface area contributed by atoms with Crippen LogP contribution in [0.1, 0.15) is 5.56 Å². The summed E-state index contributed by atoms with van der Waals surface area (Å²) in [6, 6.07) is 5.40. The molecule has 2 N–H and O–H groups in total. The number of aromatic nitrogens is 1. The minimum Gasteiger partial charge on any atom is -0.490 e. The zero-order valence-corrected chi connectivity index (χ0v) is 14.9. The first-order chi connectivity index (χ1) is 11.7. The fourth-order valence-corrected chi connectivity index (χ4v) is 3.59. The average Bonchev–Trinajstić information content (AvgIpc) is 2.56. The molecule has 0 amide bonds. The van der Waals surface area contributed by atoms with Crippen LogP contribution in [0.3, 0.4) is 0 Å². The first-order valence-electron chi connectivity index (χ1n) is 6.85. The second-order valence-corrected chi connectivity index (χ2v) is 7.51. The first-order valence-corrected chi connectivity index (χ1v) is 8.67. The van der Waals surface area contributed by atoms with Crippen molar-refractivity contribution in [1.29, 1.82) is 0 Å². The molecule has 0 radical (unpaired) electrons. The smallest absolute Gasteiger partial charge is 0.311 e. The number of hydrogen-bond donors (Lipinski definition) is 1. The quantitative estimate of drug-likeness (QED) is 0.594. The lowest BCUT2D eigenvalue weighted by atomic mass is 10.2. The van der Waals surface area contributed by atoms with E-state index in [9.17, 15) is 18.5 Å². The summed E-state index contributed by atoms with van der Waals surface area (Å²) in [6.07, 6.45) is 1.24. The van der Waals surface area contributed by atoms with E-state index in [1.54, 1.807) is 0 Å². The van der Waals surface area contributed by atoms with Crippen LogP contribution in [0.5, 0.6) is 5.75 Å². The predicted octanol–water partition coefficient (Wildman–Crippen LogP) is 2.05. The van der Waals surface area contributed by atoms with Gasteiger partial charge in [-0.2, -0.15) is 4.31 Å². The lowest BCUT2D eigenvalue weighted by Crippen LogP contribution is -2.27. The molecule has 0 spiro atoms. The van der Waals surface area contributed by atoms with Gasteiger partial charge in [0.15, 0.2) is 5.75 Å². The molecule has 25 heavy (non-hydrogen) atoms. The summed E-state index contributed by atoms with van der Waals surface area (Å²) >= 11 is 5.79. The molecular formula is C14H15ClN4O5S. The van der Waals surface area contributed by atoms with Gasteiger partial charge in [-0.15, -0.1) is 0 Å². The van der Waals surface area contributed by atoms with E-state index in [-0.39, 0.29) is 33.7 Å². The molecule has 0 saturated heterocycles. The zero-order valence-electron chi connectivity index (χ0n) is 13.3. The van der Waals surface area contributed by atoms with E-state index in [0.717, 1.165) is 4.31 Å². The van der Waals surface area contributed by atoms with Crippen LogP contribution in [0.2, 0.25) is 5.02 Å². The highest BCUT2D eigenvalue weighted by Crippen LogP contribution is 2.29. The molecule has 2 aromatic rings. The number of rotatable bonds is 6. The maximum Gasteiger partial charge on any atom is 0.311 e. The highest BCUT2D eigenvalue weighted by atomic mass is 35.5. The highest BCUT2D eigenvalue weighted by molar-refractivity contribution is 7.89. The topological polar surface area (TPSA) is 129 Å². The molecule has 134 valence electrons. The van der Waals surface area contributed by atoms with Crippen LogP contribution >= 0.6 is 11.6 Å². The number of nitrogens with two attached hydrogens (primary N) is 1. The van der Waals surface area contributed by atoms with E-state index in [0.29, 0.717) is 5.56 Å². The van der Waals surface area contributed by atoms with Gasteiger partial charge in [-0.3, -0.25) is 10.1 Å². The van der Waals surface area contributed by atoms with Gasteiger partial charge < -0.3 is 10.5 Å². The van der Waals surface area contributed by atoms with E-state index in [2.05, 4.69) is 4.98 Å². The van der Waals surface area contributed by atoms with Crippen molar-refractivity contribution < 1.29 is 18.1 Å². The summed E-state index contributed by atoms with van der Waals surface area (Å²) in [5.41, 5.74) is 5.78. The lowest BCUT2D eigenvalue weighted by Gasteiger charge is -2.18. The molecular weight excluding hydrogens is 372 g/mol. The third kappa shape index (κ3) is 3.98. The molecule has 11 heteroatoms. The Morgan fingerprint density at radius 3 is 2.68 bits per heavy atom. The Hall–Kier alpha value is -2.43. The van der Waals surface area contributed by atoms with Crippen LogP contribution in [-0.2, 0) is 16.6 Å². The zero-order chi connectivity index (χ0) is 18.8. The van der Waals surface area contributed by atoms with Crippen molar-refractivity contribution in [1.82, 2.24) is 9.29 Å².